The van der Waals surface area contributed by atoms with Crippen LogP contribution in [0, 0.1) is 5.41 Å². The maximum atomic E-state index is 6.01. The van der Waals surface area contributed by atoms with Gasteiger partial charge in [0, 0.05) is 18.5 Å². The lowest BCUT2D eigenvalue weighted by molar-refractivity contribution is 0.0275. The van der Waals surface area contributed by atoms with Gasteiger partial charge < -0.3 is 19.5 Å². The molecule has 0 amide bonds. The van der Waals surface area contributed by atoms with Crippen molar-refractivity contribution >= 4 is 15.9 Å². The molecule has 3 aliphatic rings. The molecule has 20 heavy (non-hydrogen) atoms. The van der Waals surface area contributed by atoms with Crippen molar-refractivity contribution < 1.29 is 14.2 Å². The second kappa shape index (κ2) is 4.90. The van der Waals surface area contributed by atoms with Gasteiger partial charge in [0.1, 0.15) is 0 Å². The van der Waals surface area contributed by atoms with E-state index in [0.29, 0.717) is 0 Å². The third-order valence-electron chi connectivity index (χ3n) is 4.34. The largest absolute Gasteiger partial charge is 0.489 e. The van der Waals surface area contributed by atoms with Crippen LogP contribution in [0.5, 0.6) is 11.5 Å². The van der Waals surface area contributed by atoms with Gasteiger partial charge in [0.2, 0.25) is 0 Å². The summed E-state index contributed by atoms with van der Waals surface area (Å²) in [5, 5.41) is 3.36. The first-order valence-corrected chi connectivity index (χ1v) is 7.96. The number of hydrogen-bond donors (Lipinski definition) is 1. The van der Waals surface area contributed by atoms with E-state index in [9.17, 15) is 0 Å². The summed E-state index contributed by atoms with van der Waals surface area (Å²) in [6.07, 6.45) is 2.51. The summed E-state index contributed by atoms with van der Waals surface area (Å²) in [6, 6.07) is 4.16. The predicted molar refractivity (Wildman–Crippen MR) is 78.4 cm³/mol. The molecule has 108 valence electrons. The molecule has 1 N–H and O–H groups in total. The van der Waals surface area contributed by atoms with E-state index in [0.717, 1.165) is 54.4 Å². The molecular weight excluding hydrogens is 322 g/mol. The molecule has 0 aromatic heterocycles. The Kier molecular flexibility index (Phi) is 3.16. The van der Waals surface area contributed by atoms with Crippen LogP contribution in [-0.2, 0) is 4.74 Å². The van der Waals surface area contributed by atoms with Crippen LogP contribution in [-0.4, -0.2) is 32.9 Å². The number of rotatable bonds is 1. The Hall–Kier alpha value is -0.780. The van der Waals surface area contributed by atoms with Crippen molar-refractivity contribution in [2.75, 3.05) is 32.9 Å². The zero-order valence-corrected chi connectivity index (χ0v) is 12.9. The molecule has 4 nitrogen and oxygen atoms in total. The number of hydrogen-bond acceptors (Lipinski definition) is 4. The van der Waals surface area contributed by atoms with Crippen molar-refractivity contribution in [3.63, 3.8) is 0 Å². The molecule has 1 aromatic rings. The van der Waals surface area contributed by atoms with Crippen LogP contribution in [0.15, 0.2) is 16.6 Å². The average Bonchev–Trinajstić information content (AvgIpc) is 3.27. The number of benzene rings is 1. The predicted octanol–water partition coefficient (Wildman–Crippen LogP) is 2.66. The van der Waals surface area contributed by atoms with Gasteiger partial charge in [-0.05, 0) is 46.5 Å². The van der Waals surface area contributed by atoms with Gasteiger partial charge in [-0.1, -0.05) is 0 Å². The van der Waals surface area contributed by atoms with Crippen molar-refractivity contribution in [2.45, 2.75) is 18.9 Å². The van der Waals surface area contributed by atoms with Gasteiger partial charge in [0.25, 0.3) is 0 Å². The minimum atomic E-state index is 0.0899. The van der Waals surface area contributed by atoms with Gasteiger partial charge in [0.15, 0.2) is 11.5 Å². The second-order valence-electron chi connectivity index (χ2n) is 5.97. The van der Waals surface area contributed by atoms with Gasteiger partial charge in [-0.3, -0.25) is 0 Å². The molecule has 1 unspecified atom stereocenters. The van der Waals surface area contributed by atoms with Crippen molar-refractivity contribution in [1.82, 2.24) is 5.32 Å². The van der Waals surface area contributed by atoms with Crippen molar-refractivity contribution in [2.24, 2.45) is 5.41 Å². The summed E-state index contributed by atoms with van der Waals surface area (Å²) in [6.45, 7) is 4.04. The number of nitrogens with one attached hydrogen (secondary N) is 1. The molecule has 4 rings (SSSR count). The highest BCUT2D eigenvalue weighted by Gasteiger charge is 2.46. The maximum absolute atomic E-state index is 6.01. The molecule has 5 heteroatoms. The quantitative estimate of drug-likeness (QED) is 0.853. The zero-order chi connectivity index (χ0) is 13.6. The Balaban J connectivity index is 1.64. The number of fused-ring (bicyclic) bond motifs is 1. The van der Waals surface area contributed by atoms with E-state index in [-0.39, 0.29) is 11.5 Å². The smallest absolute Gasteiger partial charge is 0.175 e. The van der Waals surface area contributed by atoms with Crippen LogP contribution >= 0.6 is 15.9 Å². The second-order valence-corrected chi connectivity index (χ2v) is 6.83. The lowest BCUT2D eigenvalue weighted by atomic mass is 10.1. The van der Waals surface area contributed by atoms with E-state index in [1.165, 1.54) is 12.8 Å². The molecule has 0 bridgehead atoms. The van der Waals surface area contributed by atoms with Crippen molar-refractivity contribution in [3.05, 3.63) is 22.2 Å². The molecule has 0 radical (unpaired) electrons. The standard InChI is InChI=1S/C15H18BrNO3/c16-11-5-10(13-7-17-3-4-18-13)6-12-14(11)20-9-15(1-2-15)8-19-12/h5-6,13,17H,1-4,7-9H2. The maximum Gasteiger partial charge on any atom is 0.175 e. The fourth-order valence-corrected chi connectivity index (χ4v) is 3.34. The first kappa shape index (κ1) is 12.9. The Labute approximate surface area is 126 Å². The Morgan fingerprint density at radius 1 is 1.20 bits per heavy atom. The Morgan fingerprint density at radius 3 is 2.80 bits per heavy atom. The fourth-order valence-electron chi connectivity index (χ4n) is 2.76. The molecule has 2 fully saturated rings. The summed E-state index contributed by atoms with van der Waals surface area (Å²) in [5.41, 5.74) is 1.40. The molecule has 1 saturated carbocycles. The third kappa shape index (κ3) is 2.32. The summed E-state index contributed by atoms with van der Waals surface area (Å²) in [7, 11) is 0. The molecule has 1 aromatic carbocycles. The van der Waals surface area contributed by atoms with Crippen LogP contribution in [0.2, 0.25) is 0 Å². The SMILES string of the molecule is Brc1cc(C2CNCCO2)cc2c1OCC1(CC1)CO2. The monoisotopic (exact) mass is 339 g/mol. The highest BCUT2D eigenvalue weighted by Crippen LogP contribution is 2.50. The molecule has 1 spiro atoms. The van der Waals surface area contributed by atoms with Crippen molar-refractivity contribution in [3.8, 4) is 11.5 Å². The van der Waals surface area contributed by atoms with Gasteiger partial charge >= 0.3 is 0 Å². The lowest BCUT2D eigenvalue weighted by Crippen LogP contribution is -2.33. The van der Waals surface area contributed by atoms with Crippen LogP contribution in [0.4, 0.5) is 0 Å². The van der Waals surface area contributed by atoms with E-state index in [4.69, 9.17) is 14.2 Å². The molecule has 1 saturated heterocycles. The van der Waals surface area contributed by atoms with Crippen LogP contribution in [0.3, 0.4) is 0 Å². The first-order valence-electron chi connectivity index (χ1n) is 7.17. The van der Waals surface area contributed by atoms with Crippen LogP contribution < -0.4 is 14.8 Å². The average molecular weight is 340 g/mol. The first-order chi connectivity index (χ1) is 9.76. The van der Waals surface area contributed by atoms with Gasteiger partial charge in [-0.25, -0.2) is 0 Å². The Bertz CT molecular complexity index is 524. The minimum absolute atomic E-state index is 0.0899. The van der Waals surface area contributed by atoms with E-state index in [2.05, 4.69) is 33.4 Å². The Morgan fingerprint density at radius 2 is 2.05 bits per heavy atom. The molecule has 2 aliphatic heterocycles. The van der Waals surface area contributed by atoms with Gasteiger partial charge in [-0.15, -0.1) is 0 Å². The molecule has 1 atom stereocenters. The minimum Gasteiger partial charge on any atom is -0.489 e. The number of halogens is 1. The van der Waals surface area contributed by atoms with Gasteiger partial charge in [-0.2, -0.15) is 0 Å². The van der Waals surface area contributed by atoms with E-state index < -0.39 is 0 Å². The van der Waals surface area contributed by atoms with Gasteiger partial charge in [0.05, 0.1) is 30.4 Å². The topological polar surface area (TPSA) is 39.7 Å². The molecular formula is C15H18BrNO3. The highest BCUT2D eigenvalue weighted by molar-refractivity contribution is 9.10. The molecule has 1 aliphatic carbocycles. The zero-order valence-electron chi connectivity index (χ0n) is 11.3. The highest BCUT2D eigenvalue weighted by atomic mass is 79.9. The van der Waals surface area contributed by atoms with Crippen LogP contribution in [0.1, 0.15) is 24.5 Å². The molecule has 2 heterocycles. The van der Waals surface area contributed by atoms with Crippen LogP contribution in [0.25, 0.3) is 0 Å². The summed E-state index contributed by atoms with van der Waals surface area (Å²) < 4.78 is 18.7. The summed E-state index contributed by atoms with van der Waals surface area (Å²) in [5.74, 6) is 1.67. The number of morpholine rings is 1. The van der Waals surface area contributed by atoms with Crippen molar-refractivity contribution in [1.29, 1.82) is 0 Å². The number of ether oxygens (including phenoxy) is 3. The van der Waals surface area contributed by atoms with E-state index in [1.807, 2.05) is 0 Å². The summed E-state index contributed by atoms with van der Waals surface area (Å²) >= 11 is 3.61. The normalized spacial score (nSPS) is 27.1. The van der Waals surface area contributed by atoms with E-state index in [1.54, 1.807) is 0 Å². The third-order valence-corrected chi connectivity index (χ3v) is 4.93. The lowest BCUT2D eigenvalue weighted by Gasteiger charge is -2.25. The van der Waals surface area contributed by atoms with E-state index >= 15 is 0 Å². The fraction of sp³-hybridized carbons (Fsp3) is 0.600. The summed E-state index contributed by atoms with van der Waals surface area (Å²) in [4.78, 5) is 0.